The molecule has 1 heterocycles. The Labute approximate surface area is 123 Å². The minimum atomic E-state index is -1.51. The van der Waals surface area contributed by atoms with Gasteiger partial charge in [-0.3, -0.25) is 0 Å². The van der Waals surface area contributed by atoms with E-state index < -0.39 is 39.7 Å². The van der Waals surface area contributed by atoms with Crippen molar-refractivity contribution in [1.82, 2.24) is 4.98 Å². The van der Waals surface area contributed by atoms with Crippen molar-refractivity contribution >= 4 is 23.3 Å². The van der Waals surface area contributed by atoms with Gasteiger partial charge in [-0.2, -0.15) is 0 Å². The van der Waals surface area contributed by atoms with Gasteiger partial charge in [-0.05, 0) is 18.2 Å². The number of carboxylic acids is 1. The number of aromatic carboxylic acids is 1. The Morgan fingerprint density at radius 2 is 2.10 bits per heavy atom. The zero-order chi connectivity index (χ0) is 15.7. The molecule has 4 nitrogen and oxygen atoms in total. The predicted octanol–water partition coefficient (Wildman–Crippen LogP) is 2.94. The number of benzene rings is 1. The lowest BCUT2D eigenvalue weighted by molar-refractivity contribution is 0.0691. The molecule has 0 aliphatic rings. The molecule has 0 spiro atoms. The number of hydrogen-bond acceptors (Lipinski definition) is 3. The third-order valence-electron chi connectivity index (χ3n) is 2.71. The number of hydrogen-bond donors (Lipinski definition) is 2. The van der Waals surface area contributed by atoms with Crippen molar-refractivity contribution < 1.29 is 18.7 Å². The molecule has 0 fully saturated rings. The first-order valence-corrected chi connectivity index (χ1v) is 5.89. The molecule has 2 rings (SSSR count). The van der Waals surface area contributed by atoms with Gasteiger partial charge in [0, 0.05) is 11.1 Å². The number of terminal acetylenes is 1. The van der Waals surface area contributed by atoms with Gasteiger partial charge < -0.3 is 10.8 Å². The smallest absolute Gasteiger partial charge is 0.356 e. The molecule has 3 N–H and O–H groups in total. The van der Waals surface area contributed by atoms with Crippen LogP contribution in [0.25, 0.3) is 11.3 Å². The second kappa shape index (κ2) is 5.38. The van der Waals surface area contributed by atoms with Gasteiger partial charge in [0.15, 0.2) is 11.5 Å². The number of nitrogen functional groups attached to an aromatic ring is 1. The van der Waals surface area contributed by atoms with Crippen LogP contribution in [0, 0.1) is 24.0 Å². The van der Waals surface area contributed by atoms with Gasteiger partial charge >= 0.3 is 5.97 Å². The molecule has 0 atom stereocenters. The molecule has 0 bridgehead atoms. The van der Waals surface area contributed by atoms with Crippen molar-refractivity contribution in [2.24, 2.45) is 0 Å². The van der Waals surface area contributed by atoms with Crippen molar-refractivity contribution in [3.05, 3.63) is 46.1 Å². The lowest BCUT2D eigenvalue weighted by Gasteiger charge is -2.10. The summed E-state index contributed by atoms with van der Waals surface area (Å²) in [5, 5.41) is 8.42. The van der Waals surface area contributed by atoms with Crippen molar-refractivity contribution in [3.63, 3.8) is 0 Å². The molecule has 0 unspecified atom stereocenters. The molecule has 7 heteroatoms. The predicted molar refractivity (Wildman–Crippen MR) is 73.9 cm³/mol. The lowest BCUT2D eigenvalue weighted by Crippen LogP contribution is -2.08. The number of aromatic nitrogens is 1. The fourth-order valence-electron chi connectivity index (χ4n) is 1.68. The van der Waals surface area contributed by atoms with Gasteiger partial charge in [0.2, 0.25) is 0 Å². The van der Waals surface area contributed by atoms with Crippen LogP contribution in [0.15, 0.2) is 18.2 Å². The Morgan fingerprint density at radius 3 is 2.62 bits per heavy atom. The lowest BCUT2D eigenvalue weighted by atomic mass is 10.1. The van der Waals surface area contributed by atoms with Crippen molar-refractivity contribution in [1.29, 1.82) is 0 Å². The topological polar surface area (TPSA) is 76.2 Å². The Balaban J connectivity index is 2.76. The number of pyridine rings is 1. The van der Waals surface area contributed by atoms with E-state index in [1.165, 1.54) is 12.1 Å². The number of rotatable bonds is 2. The Bertz CT molecular complexity index is 801. The van der Waals surface area contributed by atoms with Gasteiger partial charge in [-0.25, -0.2) is 18.6 Å². The van der Waals surface area contributed by atoms with E-state index in [9.17, 15) is 13.6 Å². The van der Waals surface area contributed by atoms with E-state index in [1.807, 2.05) is 0 Å². The molecule has 0 saturated heterocycles. The minimum Gasteiger partial charge on any atom is -0.476 e. The summed E-state index contributed by atoms with van der Waals surface area (Å²) in [7, 11) is 0. The molecule has 2 aromatic rings. The number of halogens is 3. The number of carboxylic acid groups (broad SMARTS) is 1. The Morgan fingerprint density at radius 1 is 1.43 bits per heavy atom. The number of anilines is 1. The zero-order valence-corrected chi connectivity index (χ0v) is 11.1. The summed E-state index contributed by atoms with van der Waals surface area (Å²) in [6.07, 6.45) is 5.12. The van der Waals surface area contributed by atoms with Crippen LogP contribution in [-0.2, 0) is 0 Å². The van der Waals surface area contributed by atoms with Crippen LogP contribution in [0.5, 0.6) is 0 Å². The highest BCUT2D eigenvalue weighted by Gasteiger charge is 2.23. The van der Waals surface area contributed by atoms with Crippen LogP contribution in [0.4, 0.5) is 14.5 Å². The first-order chi connectivity index (χ1) is 9.86. The van der Waals surface area contributed by atoms with Gasteiger partial charge in [0.25, 0.3) is 0 Å². The molecular formula is C14H7ClF2N2O2. The first-order valence-electron chi connectivity index (χ1n) is 5.51. The highest BCUT2D eigenvalue weighted by atomic mass is 35.5. The van der Waals surface area contributed by atoms with Crippen molar-refractivity contribution in [3.8, 4) is 23.6 Å². The number of carbonyl (C=O) groups is 1. The Hall–Kier alpha value is -2.65. The standard InChI is InChI=1S/C14H7ClF2N2O2/c1-2-6-3-4-7(8(16)5-6)12-10(17)11(18)9(15)13(19-12)14(20)21/h1,3-5H,(H2,18,19)(H,20,21). The third-order valence-corrected chi connectivity index (χ3v) is 3.09. The number of nitrogens with zero attached hydrogens (tertiary/aromatic N) is 1. The van der Waals surface area contributed by atoms with Gasteiger partial charge in [-0.1, -0.05) is 17.5 Å². The largest absolute Gasteiger partial charge is 0.476 e. The van der Waals surface area contributed by atoms with E-state index in [-0.39, 0.29) is 11.1 Å². The fourth-order valence-corrected chi connectivity index (χ4v) is 1.88. The highest BCUT2D eigenvalue weighted by Crippen LogP contribution is 2.33. The molecule has 0 saturated carbocycles. The first kappa shape index (κ1) is 14.8. The molecule has 0 aliphatic carbocycles. The second-order valence-electron chi connectivity index (χ2n) is 3.99. The van der Waals surface area contributed by atoms with E-state index in [0.717, 1.165) is 6.07 Å². The van der Waals surface area contributed by atoms with E-state index in [1.54, 1.807) is 0 Å². The maximum atomic E-state index is 14.1. The summed E-state index contributed by atoms with van der Waals surface area (Å²) < 4.78 is 28.0. The second-order valence-corrected chi connectivity index (χ2v) is 4.37. The van der Waals surface area contributed by atoms with Crippen LogP contribution in [0.1, 0.15) is 16.1 Å². The van der Waals surface area contributed by atoms with E-state index in [0.29, 0.717) is 0 Å². The van der Waals surface area contributed by atoms with Gasteiger partial charge in [0.1, 0.15) is 11.5 Å². The summed E-state index contributed by atoms with van der Waals surface area (Å²) in [6.45, 7) is 0. The van der Waals surface area contributed by atoms with E-state index in [4.69, 9.17) is 28.9 Å². The summed E-state index contributed by atoms with van der Waals surface area (Å²) >= 11 is 5.61. The van der Waals surface area contributed by atoms with Gasteiger partial charge in [-0.15, -0.1) is 6.42 Å². The summed E-state index contributed by atoms with van der Waals surface area (Å²) in [5.41, 5.74) is 3.56. The monoisotopic (exact) mass is 308 g/mol. The number of nitrogens with two attached hydrogens (primary N) is 1. The molecule has 1 aromatic heterocycles. The summed E-state index contributed by atoms with van der Waals surface area (Å²) in [5.74, 6) is -1.24. The quantitative estimate of drug-likeness (QED) is 0.836. The average Bonchev–Trinajstić information content (AvgIpc) is 2.45. The molecular weight excluding hydrogens is 302 g/mol. The average molecular weight is 309 g/mol. The van der Waals surface area contributed by atoms with E-state index in [2.05, 4.69) is 10.9 Å². The van der Waals surface area contributed by atoms with Crippen LogP contribution in [0.3, 0.4) is 0 Å². The maximum absolute atomic E-state index is 14.1. The van der Waals surface area contributed by atoms with Gasteiger partial charge in [0.05, 0.1) is 10.7 Å². The molecule has 0 aliphatic heterocycles. The minimum absolute atomic E-state index is 0.247. The SMILES string of the molecule is C#Cc1ccc(-c2nc(C(=O)O)c(Cl)c(N)c2F)c(F)c1. The van der Waals surface area contributed by atoms with Crippen LogP contribution in [-0.4, -0.2) is 16.1 Å². The van der Waals surface area contributed by atoms with Crippen LogP contribution in [0.2, 0.25) is 5.02 Å². The third kappa shape index (κ3) is 2.51. The molecule has 0 radical (unpaired) electrons. The highest BCUT2D eigenvalue weighted by molar-refractivity contribution is 6.35. The van der Waals surface area contributed by atoms with Crippen molar-refractivity contribution in [2.45, 2.75) is 0 Å². The van der Waals surface area contributed by atoms with E-state index >= 15 is 0 Å². The van der Waals surface area contributed by atoms with Crippen LogP contribution >= 0.6 is 11.6 Å². The summed E-state index contributed by atoms with van der Waals surface area (Å²) in [4.78, 5) is 14.5. The molecule has 0 amide bonds. The Kier molecular flexibility index (Phi) is 3.78. The normalized spacial score (nSPS) is 10.2. The molecule has 106 valence electrons. The molecule has 21 heavy (non-hydrogen) atoms. The summed E-state index contributed by atoms with van der Waals surface area (Å²) in [6, 6.07) is 3.56. The van der Waals surface area contributed by atoms with Crippen LogP contribution < -0.4 is 5.73 Å². The molecule has 1 aromatic carbocycles. The van der Waals surface area contributed by atoms with Crippen molar-refractivity contribution in [2.75, 3.05) is 5.73 Å². The maximum Gasteiger partial charge on any atom is 0.356 e. The fraction of sp³-hybridized carbons (Fsp3) is 0. The zero-order valence-electron chi connectivity index (χ0n) is 10.3.